The van der Waals surface area contributed by atoms with Crippen molar-refractivity contribution in [1.82, 2.24) is 14.9 Å². The highest BCUT2D eigenvalue weighted by atomic mass is 16.4. The summed E-state index contributed by atoms with van der Waals surface area (Å²) in [7, 11) is 0. The van der Waals surface area contributed by atoms with Gasteiger partial charge in [0.15, 0.2) is 0 Å². The Bertz CT molecular complexity index is 943. The van der Waals surface area contributed by atoms with Crippen LogP contribution in [0.25, 0.3) is 0 Å². The molecular formula is C22H24N4O4. The minimum Gasteiger partial charge on any atom is -0.465 e. The number of nitrogens with one attached hydrogen (secondary N) is 2. The van der Waals surface area contributed by atoms with Crippen LogP contribution in [0.1, 0.15) is 23.1 Å². The van der Waals surface area contributed by atoms with E-state index in [-0.39, 0.29) is 25.4 Å². The van der Waals surface area contributed by atoms with Gasteiger partial charge in [-0.15, -0.1) is 0 Å². The number of benzene rings is 2. The van der Waals surface area contributed by atoms with E-state index in [1.807, 2.05) is 18.2 Å². The van der Waals surface area contributed by atoms with E-state index in [1.54, 1.807) is 48.8 Å². The Morgan fingerprint density at radius 3 is 2.47 bits per heavy atom. The van der Waals surface area contributed by atoms with Crippen molar-refractivity contribution < 1.29 is 19.8 Å². The number of carboxylic acid groups (broad SMARTS) is 1. The summed E-state index contributed by atoms with van der Waals surface area (Å²) >= 11 is 0. The Hall–Kier alpha value is -3.65. The van der Waals surface area contributed by atoms with Crippen LogP contribution < -0.4 is 5.32 Å². The summed E-state index contributed by atoms with van der Waals surface area (Å²) in [5.74, 6) is 0.417. The van der Waals surface area contributed by atoms with E-state index < -0.39 is 12.2 Å². The van der Waals surface area contributed by atoms with Gasteiger partial charge in [0.1, 0.15) is 5.82 Å². The largest absolute Gasteiger partial charge is 0.465 e. The van der Waals surface area contributed by atoms with Crippen LogP contribution in [0, 0.1) is 0 Å². The predicted molar refractivity (Wildman–Crippen MR) is 112 cm³/mol. The van der Waals surface area contributed by atoms with Gasteiger partial charge >= 0.3 is 6.09 Å². The van der Waals surface area contributed by atoms with Crippen LogP contribution in [0.4, 0.5) is 10.5 Å². The third-order valence-corrected chi connectivity index (χ3v) is 4.64. The number of aliphatic hydroxyl groups is 1. The highest BCUT2D eigenvalue weighted by Gasteiger charge is 2.17. The Morgan fingerprint density at radius 1 is 1.10 bits per heavy atom. The fourth-order valence-electron chi connectivity index (χ4n) is 3.03. The molecule has 30 heavy (non-hydrogen) atoms. The summed E-state index contributed by atoms with van der Waals surface area (Å²) in [5, 5.41) is 22.6. The summed E-state index contributed by atoms with van der Waals surface area (Å²) in [6, 6.07) is 16.2. The highest BCUT2D eigenvalue weighted by molar-refractivity contribution is 5.91. The lowest BCUT2D eigenvalue weighted by Crippen LogP contribution is -2.35. The van der Waals surface area contributed by atoms with Crippen molar-refractivity contribution in [2.24, 2.45) is 0 Å². The quantitative estimate of drug-likeness (QED) is 0.434. The monoisotopic (exact) mass is 408 g/mol. The first-order valence-electron chi connectivity index (χ1n) is 9.59. The summed E-state index contributed by atoms with van der Waals surface area (Å²) in [6.45, 7) is 0.254. The first-order chi connectivity index (χ1) is 14.5. The second-order valence-corrected chi connectivity index (χ2v) is 6.86. The Balaban J connectivity index is 1.51. The molecular weight excluding hydrogens is 384 g/mol. The number of carbonyl (C=O) groups is 2. The van der Waals surface area contributed by atoms with Crippen LogP contribution in [-0.4, -0.2) is 50.2 Å². The Morgan fingerprint density at radius 2 is 1.83 bits per heavy atom. The molecule has 0 fully saturated rings. The van der Waals surface area contributed by atoms with Gasteiger partial charge in [-0.05, 0) is 29.7 Å². The molecule has 8 heteroatoms. The van der Waals surface area contributed by atoms with Crippen molar-refractivity contribution >= 4 is 17.7 Å². The maximum absolute atomic E-state index is 12.0. The molecule has 0 saturated carbocycles. The van der Waals surface area contributed by atoms with Crippen molar-refractivity contribution in [3.8, 4) is 0 Å². The van der Waals surface area contributed by atoms with Gasteiger partial charge in [-0.2, -0.15) is 0 Å². The van der Waals surface area contributed by atoms with Gasteiger partial charge in [0.25, 0.3) is 0 Å². The van der Waals surface area contributed by atoms with Gasteiger partial charge in [0.2, 0.25) is 5.91 Å². The van der Waals surface area contributed by atoms with E-state index in [2.05, 4.69) is 15.3 Å². The molecule has 3 rings (SSSR count). The Labute approximate surface area is 174 Å². The third kappa shape index (κ3) is 6.18. The third-order valence-electron chi connectivity index (χ3n) is 4.64. The maximum Gasteiger partial charge on any atom is 0.407 e. The van der Waals surface area contributed by atoms with Crippen LogP contribution in [-0.2, 0) is 17.6 Å². The molecule has 0 aliphatic rings. The van der Waals surface area contributed by atoms with Crippen LogP contribution in [0.15, 0.2) is 67.0 Å². The first kappa shape index (κ1) is 21.1. The number of aromatic amines is 1. The molecule has 1 aromatic heterocycles. The molecule has 0 aliphatic carbocycles. The zero-order valence-corrected chi connectivity index (χ0v) is 16.4. The smallest absolute Gasteiger partial charge is 0.407 e. The average Bonchev–Trinajstić information content (AvgIpc) is 3.25. The van der Waals surface area contributed by atoms with Crippen LogP contribution in [0.2, 0.25) is 0 Å². The van der Waals surface area contributed by atoms with Crippen LogP contribution >= 0.6 is 0 Å². The summed E-state index contributed by atoms with van der Waals surface area (Å²) in [4.78, 5) is 31.7. The minimum atomic E-state index is -1.08. The standard InChI is InChI=1S/C22H24N4O4/c27-19(17-4-2-1-3-5-17)15-26(22(29)30)13-10-16-6-8-18(9-7-16)25-21(28)14-20-23-11-12-24-20/h1-9,11-12,19,27H,10,13-15H2,(H,23,24)(H,25,28)(H,29,30)/t19-/m0/s1. The number of anilines is 1. The van der Waals surface area contributed by atoms with E-state index in [0.29, 0.717) is 23.5 Å². The number of amides is 2. The highest BCUT2D eigenvalue weighted by Crippen LogP contribution is 2.15. The van der Waals surface area contributed by atoms with Crippen molar-refractivity contribution in [3.63, 3.8) is 0 Å². The number of aromatic nitrogens is 2. The lowest BCUT2D eigenvalue weighted by molar-refractivity contribution is -0.115. The maximum atomic E-state index is 12.0. The molecule has 0 bridgehead atoms. The number of carbonyl (C=O) groups excluding carboxylic acids is 1. The topological polar surface area (TPSA) is 119 Å². The average molecular weight is 408 g/mol. The first-order valence-corrected chi connectivity index (χ1v) is 9.59. The lowest BCUT2D eigenvalue weighted by Gasteiger charge is -2.22. The van der Waals surface area contributed by atoms with E-state index in [0.717, 1.165) is 5.56 Å². The van der Waals surface area contributed by atoms with E-state index in [1.165, 1.54) is 4.90 Å². The molecule has 1 atom stereocenters. The predicted octanol–water partition coefficient (Wildman–Crippen LogP) is 2.85. The summed E-state index contributed by atoms with van der Waals surface area (Å²) < 4.78 is 0. The van der Waals surface area contributed by atoms with E-state index in [4.69, 9.17) is 0 Å². The fourth-order valence-corrected chi connectivity index (χ4v) is 3.03. The summed E-state index contributed by atoms with van der Waals surface area (Å²) in [5.41, 5.74) is 2.27. The van der Waals surface area contributed by atoms with Gasteiger partial charge < -0.3 is 25.4 Å². The van der Waals surface area contributed by atoms with E-state index >= 15 is 0 Å². The van der Waals surface area contributed by atoms with Crippen LogP contribution in [0.5, 0.6) is 0 Å². The molecule has 156 valence electrons. The molecule has 0 radical (unpaired) electrons. The lowest BCUT2D eigenvalue weighted by atomic mass is 10.1. The molecule has 8 nitrogen and oxygen atoms in total. The molecule has 4 N–H and O–H groups in total. The second-order valence-electron chi connectivity index (χ2n) is 6.86. The normalized spacial score (nSPS) is 11.6. The minimum absolute atomic E-state index is 0.000265. The molecule has 2 aromatic carbocycles. The zero-order chi connectivity index (χ0) is 21.3. The van der Waals surface area contributed by atoms with Gasteiger partial charge in [-0.25, -0.2) is 9.78 Å². The molecule has 0 aliphatic heterocycles. The van der Waals surface area contributed by atoms with E-state index in [9.17, 15) is 19.8 Å². The fraction of sp³-hybridized carbons (Fsp3) is 0.227. The van der Waals surface area contributed by atoms with Crippen molar-refractivity contribution in [3.05, 3.63) is 83.9 Å². The van der Waals surface area contributed by atoms with Crippen molar-refractivity contribution in [2.45, 2.75) is 18.9 Å². The summed E-state index contributed by atoms with van der Waals surface area (Å²) in [6.07, 6.45) is 1.95. The molecule has 0 spiro atoms. The van der Waals surface area contributed by atoms with Gasteiger partial charge in [-0.3, -0.25) is 4.79 Å². The SMILES string of the molecule is O=C(Cc1ncc[nH]1)Nc1ccc(CCN(C[C@H](O)c2ccccc2)C(=O)O)cc1. The van der Waals surface area contributed by atoms with Gasteiger partial charge in [-0.1, -0.05) is 42.5 Å². The number of nitrogens with zero attached hydrogens (tertiary/aromatic N) is 2. The number of rotatable bonds is 9. The molecule has 1 heterocycles. The number of imidazole rings is 1. The number of H-pyrrole nitrogens is 1. The number of hydrogen-bond donors (Lipinski definition) is 4. The Kier molecular flexibility index (Phi) is 7.18. The van der Waals surface area contributed by atoms with Gasteiger partial charge in [0.05, 0.1) is 19.1 Å². The molecule has 2 amide bonds. The molecule has 0 unspecified atom stereocenters. The molecule has 0 saturated heterocycles. The van der Waals surface area contributed by atoms with Crippen LogP contribution in [0.3, 0.4) is 0 Å². The second kappa shape index (κ2) is 10.2. The van der Waals surface area contributed by atoms with Gasteiger partial charge in [0, 0.05) is 24.6 Å². The zero-order valence-electron chi connectivity index (χ0n) is 16.4. The van der Waals surface area contributed by atoms with Crippen molar-refractivity contribution in [2.75, 3.05) is 18.4 Å². The number of aliphatic hydroxyl groups excluding tert-OH is 1. The molecule has 3 aromatic rings. The van der Waals surface area contributed by atoms with Crippen molar-refractivity contribution in [1.29, 1.82) is 0 Å². The number of hydrogen-bond acceptors (Lipinski definition) is 4.